The molecule has 9 nitrogen and oxygen atoms in total. The molecule has 1 aromatic heterocycles. The summed E-state index contributed by atoms with van der Waals surface area (Å²) in [6.07, 6.45) is 1.81. The fraction of sp³-hybridized carbons (Fsp3) is 0.364. The molecule has 162 valence electrons. The third-order valence-electron chi connectivity index (χ3n) is 5.20. The van der Waals surface area contributed by atoms with Crippen LogP contribution in [0.3, 0.4) is 0 Å². The molecule has 0 aliphatic carbocycles. The Morgan fingerprint density at radius 3 is 2.55 bits per heavy atom. The van der Waals surface area contributed by atoms with Gasteiger partial charge in [-0.2, -0.15) is 0 Å². The van der Waals surface area contributed by atoms with Crippen LogP contribution in [0.4, 0.5) is 11.5 Å². The van der Waals surface area contributed by atoms with Gasteiger partial charge in [-0.25, -0.2) is 9.98 Å². The molecule has 9 heteroatoms. The predicted octanol–water partition coefficient (Wildman–Crippen LogP) is 1.49. The molecule has 3 heterocycles. The first-order valence-corrected chi connectivity index (χ1v) is 10.4. The molecule has 0 saturated carbocycles. The van der Waals surface area contributed by atoms with Gasteiger partial charge in [0, 0.05) is 38.1 Å². The number of rotatable bonds is 5. The van der Waals surface area contributed by atoms with Gasteiger partial charge >= 0.3 is 0 Å². The third kappa shape index (κ3) is 5.11. The number of piperazine rings is 1. The Morgan fingerprint density at radius 2 is 1.87 bits per heavy atom. The standard InChI is InChI=1S/C22H26N6O3/c1-2-31-17-8-6-16(7-9-17)24-21(30)18-15-20(29)26-22(25-18)28-13-11-27(12-14-28)19-5-3-4-10-23-19/h3-10,18H,2,11-15H2,1H3,(H,24,30)(H,25,26,29)/t18-/m0/s1. The Kier molecular flexibility index (Phi) is 6.30. The summed E-state index contributed by atoms with van der Waals surface area (Å²) in [5, 5.41) is 5.65. The first kappa shape index (κ1) is 20.6. The Balaban J connectivity index is 1.38. The van der Waals surface area contributed by atoms with Crippen molar-refractivity contribution in [1.82, 2.24) is 15.2 Å². The molecule has 2 amide bonds. The predicted molar refractivity (Wildman–Crippen MR) is 118 cm³/mol. The van der Waals surface area contributed by atoms with Gasteiger partial charge in [0.05, 0.1) is 13.0 Å². The summed E-state index contributed by atoms with van der Waals surface area (Å²) in [5.74, 6) is 1.63. The van der Waals surface area contributed by atoms with Gasteiger partial charge in [-0.1, -0.05) is 6.07 Å². The Hall–Kier alpha value is -3.62. The minimum Gasteiger partial charge on any atom is -0.494 e. The first-order valence-electron chi connectivity index (χ1n) is 10.4. The van der Waals surface area contributed by atoms with Crippen LogP contribution in [0.1, 0.15) is 13.3 Å². The summed E-state index contributed by atoms with van der Waals surface area (Å²) < 4.78 is 5.41. The van der Waals surface area contributed by atoms with E-state index in [1.54, 1.807) is 30.5 Å². The van der Waals surface area contributed by atoms with Gasteiger partial charge in [-0.15, -0.1) is 0 Å². The van der Waals surface area contributed by atoms with Crippen LogP contribution in [0.2, 0.25) is 0 Å². The Morgan fingerprint density at radius 1 is 1.13 bits per heavy atom. The minimum atomic E-state index is -0.760. The molecule has 1 saturated heterocycles. The minimum absolute atomic E-state index is 0.0280. The number of nitrogens with one attached hydrogen (secondary N) is 2. The van der Waals surface area contributed by atoms with Gasteiger partial charge in [-0.3, -0.25) is 14.9 Å². The number of carbonyl (C=O) groups is 2. The Bertz CT molecular complexity index is 939. The number of guanidine groups is 1. The van der Waals surface area contributed by atoms with Crippen molar-refractivity contribution in [2.75, 3.05) is 43.0 Å². The molecule has 4 rings (SSSR count). The summed E-state index contributed by atoms with van der Waals surface area (Å²) in [6, 6.07) is 12.2. The van der Waals surface area contributed by atoms with E-state index >= 15 is 0 Å². The zero-order valence-corrected chi connectivity index (χ0v) is 17.5. The maximum Gasteiger partial charge on any atom is 0.249 e. The third-order valence-corrected chi connectivity index (χ3v) is 5.20. The number of hydrogen-bond acceptors (Lipinski definition) is 7. The van der Waals surface area contributed by atoms with Crippen LogP contribution in [-0.4, -0.2) is 66.5 Å². The first-order chi connectivity index (χ1) is 15.1. The quantitative estimate of drug-likeness (QED) is 0.757. The molecule has 0 bridgehead atoms. The summed E-state index contributed by atoms with van der Waals surface area (Å²) in [5.41, 5.74) is 0.639. The van der Waals surface area contributed by atoms with Crippen molar-refractivity contribution in [3.63, 3.8) is 0 Å². The number of ether oxygens (including phenoxy) is 1. The highest BCUT2D eigenvalue weighted by atomic mass is 16.5. The van der Waals surface area contributed by atoms with Crippen LogP contribution in [-0.2, 0) is 9.59 Å². The molecule has 2 aliphatic rings. The highest BCUT2D eigenvalue weighted by Gasteiger charge is 2.30. The fourth-order valence-electron chi connectivity index (χ4n) is 3.60. The van der Waals surface area contributed by atoms with Gasteiger partial charge in [0.1, 0.15) is 17.6 Å². The number of nitrogens with zero attached hydrogens (tertiary/aromatic N) is 4. The maximum atomic E-state index is 12.7. The second kappa shape index (κ2) is 9.46. The lowest BCUT2D eigenvalue weighted by Gasteiger charge is -2.38. The van der Waals surface area contributed by atoms with Crippen LogP contribution in [0.15, 0.2) is 53.7 Å². The van der Waals surface area contributed by atoms with Gasteiger partial charge in [-0.05, 0) is 43.3 Å². The molecule has 2 aromatic rings. The second-order valence-corrected chi connectivity index (χ2v) is 7.33. The van der Waals surface area contributed by atoms with E-state index in [1.165, 1.54) is 0 Å². The molecule has 31 heavy (non-hydrogen) atoms. The number of hydrogen-bond donors (Lipinski definition) is 2. The highest BCUT2D eigenvalue weighted by Crippen LogP contribution is 2.18. The largest absolute Gasteiger partial charge is 0.494 e. The molecule has 0 spiro atoms. The van der Waals surface area contributed by atoms with Crippen LogP contribution in [0.25, 0.3) is 0 Å². The molecule has 1 aromatic carbocycles. The van der Waals surface area contributed by atoms with Gasteiger partial charge in [0.25, 0.3) is 0 Å². The Labute approximate surface area is 181 Å². The molecule has 2 aliphatic heterocycles. The molecule has 2 N–H and O–H groups in total. The highest BCUT2D eigenvalue weighted by molar-refractivity contribution is 6.06. The summed E-state index contributed by atoms with van der Waals surface area (Å²) >= 11 is 0. The van der Waals surface area contributed by atoms with Crippen molar-refractivity contribution in [1.29, 1.82) is 0 Å². The van der Waals surface area contributed by atoms with Gasteiger partial charge in [0.2, 0.25) is 17.8 Å². The van der Waals surface area contributed by atoms with Crippen molar-refractivity contribution in [2.24, 2.45) is 4.99 Å². The lowest BCUT2D eigenvalue weighted by Crippen LogP contribution is -2.56. The van der Waals surface area contributed by atoms with Crippen LogP contribution < -0.4 is 20.3 Å². The number of carbonyl (C=O) groups excluding carboxylic acids is 2. The van der Waals surface area contributed by atoms with Crippen molar-refractivity contribution >= 4 is 29.3 Å². The molecule has 1 fully saturated rings. The number of aromatic nitrogens is 1. The zero-order chi connectivity index (χ0) is 21.6. The topological polar surface area (TPSA) is 99.2 Å². The molecular formula is C22H26N6O3. The van der Waals surface area contributed by atoms with Crippen molar-refractivity contribution in [3.05, 3.63) is 48.7 Å². The van der Waals surface area contributed by atoms with E-state index in [9.17, 15) is 9.59 Å². The molecule has 1 atom stereocenters. The molecule has 0 radical (unpaired) electrons. The van der Waals surface area contributed by atoms with Crippen molar-refractivity contribution < 1.29 is 14.3 Å². The summed E-state index contributed by atoms with van der Waals surface area (Å²) in [6.45, 7) is 5.38. The van der Waals surface area contributed by atoms with E-state index in [-0.39, 0.29) is 18.2 Å². The average Bonchev–Trinajstić information content (AvgIpc) is 2.81. The molecular weight excluding hydrogens is 396 g/mol. The van der Waals surface area contributed by atoms with Crippen LogP contribution in [0, 0.1) is 0 Å². The SMILES string of the molecule is CCOc1ccc(NC(=O)[C@@H]2CC(=O)NC(N3CCN(c4ccccn4)CC3)=N2)cc1. The fourth-order valence-corrected chi connectivity index (χ4v) is 3.60. The average molecular weight is 422 g/mol. The van der Waals surface area contributed by atoms with E-state index in [1.807, 2.05) is 30.0 Å². The number of pyridine rings is 1. The molecule has 0 unspecified atom stereocenters. The maximum absolute atomic E-state index is 12.7. The lowest BCUT2D eigenvalue weighted by molar-refractivity contribution is -0.125. The van der Waals surface area contributed by atoms with E-state index < -0.39 is 6.04 Å². The van der Waals surface area contributed by atoms with E-state index in [0.717, 1.165) is 24.7 Å². The lowest BCUT2D eigenvalue weighted by atomic mass is 10.1. The smallest absolute Gasteiger partial charge is 0.249 e. The number of benzene rings is 1. The monoisotopic (exact) mass is 422 g/mol. The van der Waals surface area contributed by atoms with Gasteiger partial charge < -0.3 is 19.9 Å². The van der Waals surface area contributed by atoms with E-state index in [0.29, 0.717) is 31.3 Å². The van der Waals surface area contributed by atoms with E-state index in [4.69, 9.17) is 4.74 Å². The van der Waals surface area contributed by atoms with Gasteiger partial charge in [0.15, 0.2) is 0 Å². The van der Waals surface area contributed by atoms with Crippen molar-refractivity contribution in [3.8, 4) is 5.75 Å². The normalized spacial score (nSPS) is 18.8. The number of aliphatic imine (C=N–C) groups is 1. The van der Waals surface area contributed by atoms with Crippen LogP contribution in [0.5, 0.6) is 5.75 Å². The van der Waals surface area contributed by atoms with Crippen molar-refractivity contribution in [2.45, 2.75) is 19.4 Å². The van der Waals surface area contributed by atoms with E-state index in [2.05, 4.69) is 25.5 Å². The summed E-state index contributed by atoms with van der Waals surface area (Å²) in [7, 11) is 0. The van der Waals surface area contributed by atoms with Crippen LogP contribution >= 0.6 is 0 Å². The number of anilines is 2. The zero-order valence-electron chi connectivity index (χ0n) is 17.5. The number of amides is 2. The summed E-state index contributed by atoms with van der Waals surface area (Å²) in [4.78, 5) is 38.1. The second-order valence-electron chi connectivity index (χ2n) is 7.33.